The van der Waals surface area contributed by atoms with Crippen LogP contribution >= 0.6 is 0 Å². The first-order chi connectivity index (χ1) is 10.7. The summed E-state index contributed by atoms with van der Waals surface area (Å²) in [5, 5.41) is 3.40. The van der Waals surface area contributed by atoms with Crippen molar-refractivity contribution < 1.29 is 9.53 Å². The predicted molar refractivity (Wildman–Crippen MR) is 84.7 cm³/mol. The lowest BCUT2D eigenvalue weighted by Crippen LogP contribution is -2.36. The van der Waals surface area contributed by atoms with Crippen molar-refractivity contribution in [1.29, 1.82) is 0 Å². The number of hydrogen-bond donors (Lipinski definition) is 1. The number of benzene rings is 1. The number of amides is 1. The largest absolute Gasteiger partial charge is 0.379 e. The van der Waals surface area contributed by atoms with Gasteiger partial charge in [-0.3, -0.25) is 9.69 Å². The summed E-state index contributed by atoms with van der Waals surface area (Å²) < 4.78 is 7.12. The van der Waals surface area contributed by atoms with Crippen molar-refractivity contribution in [3.8, 4) is 0 Å². The van der Waals surface area contributed by atoms with Crippen LogP contribution in [0.1, 0.15) is 17.7 Å². The maximum atomic E-state index is 12.0. The fraction of sp³-hybridized carbons (Fsp3) is 0.375. The molecule has 0 saturated carbocycles. The lowest BCUT2D eigenvalue weighted by molar-refractivity contribution is -0.119. The topological polar surface area (TPSA) is 59.4 Å². The van der Waals surface area contributed by atoms with E-state index in [0.717, 1.165) is 30.0 Å². The van der Waals surface area contributed by atoms with Crippen molar-refractivity contribution in [2.24, 2.45) is 7.05 Å². The van der Waals surface area contributed by atoms with Crippen LogP contribution in [0.15, 0.2) is 30.7 Å². The average molecular weight is 300 g/mol. The van der Waals surface area contributed by atoms with Crippen LogP contribution < -0.4 is 10.2 Å². The average Bonchev–Trinajstić information content (AvgIpc) is 2.93. The predicted octanol–water partition coefficient (Wildman–Crippen LogP) is 1.92. The van der Waals surface area contributed by atoms with Crippen LogP contribution in [0.3, 0.4) is 0 Å². The molecule has 3 rings (SSSR count). The molecule has 0 bridgehead atoms. The van der Waals surface area contributed by atoms with Gasteiger partial charge in [-0.15, -0.1) is 0 Å². The third kappa shape index (κ3) is 2.82. The van der Waals surface area contributed by atoms with E-state index in [9.17, 15) is 4.79 Å². The summed E-state index contributed by atoms with van der Waals surface area (Å²) in [6.07, 6.45) is 4.94. The molecular weight excluding hydrogens is 280 g/mol. The minimum absolute atomic E-state index is 0.116. The van der Waals surface area contributed by atoms with Gasteiger partial charge in [0.25, 0.3) is 0 Å². The maximum absolute atomic E-state index is 12.0. The van der Waals surface area contributed by atoms with Gasteiger partial charge in [0.2, 0.25) is 5.91 Å². The monoisotopic (exact) mass is 300 g/mol. The Morgan fingerprint density at radius 3 is 2.95 bits per heavy atom. The Morgan fingerprint density at radius 1 is 1.36 bits per heavy atom. The van der Waals surface area contributed by atoms with Crippen LogP contribution in [0.25, 0.3) is 0 Å². The number of aromatic nitrogens is 2. The van der Waals surface area contributed by atoms with Crippen LogP contribution in [0, 0.1) is 0 Å². The standard InChI is InChI=1S/C16H20N4O2/c1-19-10-17-8-14(19)9-18-13-4-5-15-12(7-13)3-6-16(21)20(15)11-22-2/h4-5,7-8,10,18H,3,6,9,11H2,1-2H3. The Morgan fingerprint density at radius 2 is 2.23 bits per heavy atom. The molecule has 1 amide bonds. The van der Waals surface area contributed by atoms with Gasteiger partial charge in [-0.25, -0.2) is 4.98 Å². The summed E-state index contributed by atoms with van der Waals surface area (Å²) >= 11 is 0. The van der Waals surface area contributed by atoms with Crippen molar-refractivity contribution in [3.63, 3.8) is 0 Å². The molecule has 0 unspecified atom stereocenters. The summed E-state index contributed by atoms with van der Waals surface area (Å²) in [6.45, 7) is 1.02. The van der Waals surface area contributed by atoms with Gasteiger partial charge in [0.05, 0.1) is 18.6 Å². The molecule has 1 aliphatic rings. The van der Waals surface area contributed by atoms with E-state index in [4.69, 9.17) is 4.74 Å². The quantitative estimate of drug-likeness (QED) is 0.916. The first kappa shape index (κ1) is 14.6. The van der Waals surface area contributed by atoms with E-state index in [1.165, 1.54) is 5.56 Å². The number of rotatable bonds is 5. The van der Waals surface area contributed by atoms with Crippen LogP contribution in [0.4, 0.5) is 11.4 Å². The van der Waals surface area contributed by atoms with E-state index in [0.29, 0.717) is 13.2 Å². The molecule has 1 N–H and O–H groups in total. The number of anilines is 2. The first-order valence-electron chi connectivity index (χ1n) is 7.30. The number of fused-ring (bicyclic) bond motifs is 1. The highest BCUT2D eigenvalue weighted by atomic mass is 16.5. The summed E-state index contributed by atoms with van der Waals surface area (Å²) in [5.41, 5.74) is 4.29. The van der Waals surface area contributed by atoms with E-state index >= 15 is 0 Å². The Bertz CT molecular complexity index is 681. The number of nitrogens with one attached hydrogen (secondary N) is 1. The number of carbonyl (C=O) groups is 1. The van der Waals surface area contributed by atoms with Crippen molar-refractivity contribution in [1.82, 2.24) is 9.55 Å². The molecule has 6 nitrogen and oxygen atoms in total. The molecule has 1 aromatic carbocycles. The second-order valence-electron chi connectivity index (χ2n) is 5.43. The van der Waals surface area contributed by atoms with Crippen molar-refractivity contribution in [3.05, 3.63) is 42.0 Å². The normalized spacial score (nSPS) is 14.1. The van der Waals surface area contributed by atoms with Crippen molar-refractivity contribution in [2.45, 2.75) is 19.4 Å². The van der Waals surface area contributed by atoms with E-state index in [1.54, 1.807) is 18.3 Å². The molecule has 2 aromatic rings. The third-order valence-electron chi connectivity index (χ3n) is 3.93. The molecule has 0 radical (unpaired) electrons. The summed E-state index contributed by atoms with van der Waals surface area (Å²) in [7, 11) is 3.58. The van der Waals surface area contributed by atoms with Gasteiger partial charge in [-0.05, 0) is 30.2 Å². The molecule has 2 heterocycles. The molecule has 1 aliphatic heterocycles. The zero-order valence-electron chi connectivity index (χ0n) is 12.9. The van der Waals surface area contributed by atoms with Crippen LogP contribution in [0.5, 0.6) is 0 Å². The molecule has 22 heavy (non-hydrogen) atoms. The fourth-order valence-corrected chi connectivity index (χ4v) is 2.69. The number of hydrogen-bond acceptors (Lipinski definition) is 4. The third-order valence-corrected chi connectivity index (χ3v) is 3.93. The smallest absolute Gasteiger partial charge is 0.229 e. The first-order valence-corrected chi connectivity index (χ1v) is 7.30. The molecule has 116 valence electrons. The molecule has 0 atom stereocenters. The summed E-state index contributed by atoms with van der Waals surface area (Å²) in [6, 6.07) is 6.09. The molecular formula is C16H20N4O2. The molecule has 0 spiro atoms. The number of aryl methyl sites for hydroxylation is 2. The maximum Gasteiger partial charge on any atom is 0.229 e. The molecule has 0 saturated heterocycles. The second kappa shape index (κ2) is 6.19. The summed E-state index contributed by atoms with van der Waals surface area (Å²) in [4.78, 5) is 17.8. The van der Waals surface area contributed by atoms with Crippen LogP contribution in [0.2, 0.25) is 0 Å². The zero-order valence-corrected chi connectivity index (χ0v) is 12.9. The highest BCUT2D eigenvalue weighted by Crippen LogP contribution is 2.30. The number of carbonyl (C=O) groups excluding carboxylic acids is 1. The van der Waals surface area contributed by atoms with Crippen molar-refractivity contribution in [2.75, 3.05) is 24.1 Å². The van der Waals surface area contributed by atoms with E-state index in [-0.39, 0.29) is 5.91 Å². The molecule has 1 aromatic heterocycles. The second-order valence-corrected chi connectivity index (χ2v) is 5.43. The van der Waals surface area contributed by atoms with Gasteiger partial charge in [0.1, 0.15) is 6.73 Å². The van der Waals surface area contributed by atoms with E-state index < -0.39 is 0 Å². The zero-order chi connectivity index (χ0) is 15.5. The SMILES string of the molecule is COCN1C(=O)CCc2cc(NCc3cncn3C)ccc21. The number of nitrogens with zero attached hydrogens (tertiary/aromatic N) is 3. The fourth-order valence-electron chi connectivity index (χ4n) is 2.69. The minimum atomic E-state index is 0.116. The number of methoxy groups -OCH3 is 1. The van der Waals surface area contributed by atoms with Crippen LogP contribution in [-0.2, 0) is 29.5 Å². The highest BCUT2D eigenvalue weighted by Gasteiger charge is 2.23. The van der Waals surface area contributed by atoms with Crippen molar-refractivity contribution >= 4 is 17.3 Å². The Labute approximate surface area is 129 Å². The lowest BCUT2D eigenvalue weighted by atomic mass is 10.0. The van der Waals surface area contributed by atoms with E-state index in [1.807, 2.05) is 29.9 Å². The van der Waals surface area contributed by atoms with Gasteiger partial charge < -0.3 is 14.6 Å². The highest BCUT2D eigenvalue weighted by molar-refractivity contribution is 5.96. The lowest BCUT2D eigenvalue weighted by Gasteiger charge is -2.29. The molecule has 0 aliphatic carbocycles. The van der Waals surface area contributed by atoms with Gasteiger partial charge in [0, 0.05) is 38.1 Å². The van der Waals surface area contributed by atoms with Gasteiger partial charge in [-0.1, -0.05) is 0 Å². The summed E-state index contributed by atoms with van der Waals surface area (Å²) in [5.74, 6) is 0.116. The number of ether oxygens (including phenoxy) is 1. The van der Waals surface area contributed by atoms with Gasteiger partial charge in [0.15, 0.2) is 0 Å². The molecule has 0 fully saturated rings. The van der Waals surface area contributed by atoms with Gasteiger partial charge in [-0.2, -0.15) is 0 Å². The number of imidazole rings is 1. The molecule has 6 heteroatoms. The van der Waals surface area contributed by atoms with Gasteiger partial charge >= 0.3 is 0 Å². The minimum Gasteiger partial charge on any atom is -0.379 e. The Kier molecular flexibility index (Phi) is 4.11. The Hall–Kier alpha value is -2.34. The Balaban J connectivity index is 1.76. The van der Waals surface area contributed by atoms with E-state index in [2.05, 4.69) is 16.4 Å². The van der Waals surface area contributed by atoms with Crippen LogP contribution in [-0.4, -0.2) is 29.3 Å².